The molecular formula is C22H18N2O5S. The number of carbonyl (C=O) groups excluding carboxylic acids is 2. The largest absolute Gasteiger partial charge is 0.454 e. The van der Waals surface area contributed by atoms with Gasteiger partial charge >= 0.3 is 5.97 Å². The molecule has 7 nitrogen and oxygen atoms in total. The van der Waals surface area contributed by atoms with Gasteiger partial charge in [-0.05, 0) is 30.7 Å². The molecule has 1 aliphatic heterocycles. The fourth-order valence-corrected chi connectivity index (χ4v) is 3.45. The summed E-state index contributed by atoms with van der Waals surface area (Å²) in [6, 6.07) is 13.3. The van der Waals surface area contributed by atoms with E-state index in [2.05, 4.69) is 10.3 Å². The van der Waals surface area contributed by atoms with E-state index < -0.39 is 18.5 Å². The van der Waals surface area contributed by atoms with Gasteiger partial charge in [0, 0.05) is 17.0 Å². The Hall–Kier alpha value is -3.65. The number of aromatic nitrogens is 1. The number of hydrogen-bond acceptors (Lipinski definition) is 7. The fraction of sp³-hybridized carbons (Fsp3) is 0.136. The predicted molar refractivity (Wildman–Crippen MR) is 113 cm³/mol. The lowest BCUT2D eigenvalue weighted by Gasteiger charge is -2.02. The van der Waals surface area contributed by atoms with Crippen LogP contribution in [0.1, 0.15) is 11.1 Å². The van der Waals surface area contributed by atoms with Gasteiger partial charge in [0.2, 0.25) is 6.79 Å². The Kier molecular flexibility index (Phi) is 5.76. The van der Waals surface area contributed by atoms with E-state index in [1.165, 1.54) is 17.4 Å². The van der Waals surface area contributed by atoms with Gasteiger partial charge in [0.05, 0.1) is 5.69 Å². The zero-order valence-electron chi connectivity index (χ0n) is 16.1. The number of nitrogens with one attached hydrogen (secondary N) is 1. The standard InChI is InChI=1S/C22H18N2O5S/c1-14-2-6-16(7-3-14)17-12-30-22(23-17)24-20(25)11-27-21(26)9-5-15-4-8-18-19(10-15)29-13-28-18/h2-10,12H,11,13H2,1H3,(H,23,24,25)/b9-5+. The molecule has 0 unspecified atom stereocenters. The van der Waals surface area contributed by atoms with E-state index in [9.17, 15) is 9.59 Å². The molecule has 1 N–H and O–H groups in total. The number of benzene rings is 2. The summed E-state index contributed by atoms with van der Waals surface area (Å²) < 4.78 is 15.5. The van der Waals surface area contributed by atoms with E-state index in [1.807, 2.05) is 36.6 Å². The molecule has 0 saturated carbocycles. The van der Waals surface area contributed by atoms with Crippen molar-refractivity contribution >= 4 is 34.4 Å². The Labute approximate surface area is 176 Å². The number of carbonyl (C=O) groups is 2. The molecular weight excluding hydrogens is 404 g/mol. The first kappa shape index (κ1) is 19.7. The Bertz CT molecular complexity index is 1100. The molecule has 1 aliphatic rings. The summed E-state index contributed by atoms with van der Waals surface area (Å²) in [6.45, 7) is 1.80. The Morgan fingerprint density at radius 3 is 2.80 bits per heavy atom. The summed E-state index contributed by atoms with van der Waals surface area (Å²) in [5.41, 5.74) is 3.67. The zero-order valence-corrected chi connectivity index (χ0v) is 16.9. The molecule has 4 rings (SSSR count). The Balaban J connectivity index is 1.26. The van der Waals surface area contributed by atoms with E-state index in [4.69, 9.17) is 14.2 Å². The normalized spacial score (nSPS) is 12.2. The number of ether oxygens (including phenoxy) is 3. The monoisotopic (exact) mass is 422 g/mol. The molecule has 3 aromatic rings. The van der Waals surface area contributed by atoms with Crippen LogP contribution in [0.2, 0.25) is 0 Å². The van der Waals surface area contributed by atoms with E-state index in [1.54, 1.807) is 24.3 Å². The summed E-state index contributed by atoms with van der Waals surface area (Å²) >= 11 is 1.31. The van der Waals surface area contributed by atoms with Crippen molar-refractivity contribution in [3.05, 3.63) is 65.0 Å². The molecule has 152 valence electrons. The van der Waals surface area contributed by atoms with Crippen molar-refractivity contribution in [2.45, 2.75) is 6.92 Å². The fourth-order valence-electron chi connectivity index (χ4n) is 2.71. The second-order valence-electron chi connectivity index (χ2n) is 6.51. The van der Waals surface area contributed by atoms with Gasteiger partial charge in [-0.3, -0.25) is 10.1 Å². The number of rotatable bonds is 6. The molecule has 0 atom stereocenters. The number of thiazole rings is 1. The van der Waals surface area contributed by atoms with Crippen LogP contribution in [0.25, 0.3) is 17.3 Å². The maximum atomic E-state index is 12.0. The highest BCUT2D eigenvalue weighted by Crippen LogP contribution is 2.32. The number of aryl methyl sites for hydroxylation is 1. The molecule has 0 bridgehead atoms. The van der Waals surface area contributed by atoms with E-state index >= 15 is 0 Å². The van der Waals surface area contributed by atoms with E-state index in [-0.39, 0.29) is 6.79 Å². The van der Waals surface area contributed by atoms with Gasteiger partial charge in [-0.15, -0.1) is 11.3 Å². The summed E-state index contributed by atoms with van der Waals surface area (Å²) in [6.07, 6.45) is 2.83. The minimum Gasteiger partial charge on any atom is -0.454 e. The number of amides is 1. The van der Waals surface area contributed by atoms with Crippen LogP contribution in [0.15, 0.2) is 53.9 Å². The maximum absolute atomic E-state index is 12.0. The van der Waals surface area contributed by atoms with Crippen molar-refractivity contribution in [1.82, 2.24) is 4.98 Å². The lowest BCUT2D eigenvalue weighted by Crippen LogP contribution is -2.20. The Morgan fingerprint density at radius 1 is 1.17 bits per heavy atom. The van der Waals surface area contributed by atoms with Crippen molar-refractivity contribution in [1.29, 1.82) is 0 Å². The summed E-state index contributed by atoms with van der Waals surface area (Å²) in [7, 11) is 0. The minimum atomic E-state index is -0.623. The van der Waals surface area contributed by atoms with Crippen LogP contribution in [0.4, 0.5) is 5.13 Å². The van der Waals surface area contributed by atoms with Crippen LogP contribution in [-0.2, 0) is 14.3 Å². The highest BCUT2D eigenvalue weighted by Gasteiger charge is 2.13. The second kappa shape index (κ2) is 8.79. The number of fused-ring (bicyclic) bond motifs is 1. The van der Waals surface area contributed by atoms with Gasteiger partial charge in [0.25, 0.3) is 5.91 Å². The van der Waals surface area contributed by atoms with Crippen molar-refractivity contribution < 1.29 is 23.8 Å². The smallest absolute Gasteiger partial charge is 0.331 e. The number of anilines is 1. The zero-order chi connectivity index (χ0) is 20.9. The molecule has 2 heterocycles. The van der Waals surface area contributed by atoms with Gasteiger partial charge in [-0.25, -0.2) is 9.78 Å². The third-order valence-corrected chi connectivity index (χ3v) is 5.01. The molecule has 1 amide bonds. The SMILES string of the molecule is Cc1ccc(-c2csc(NC(=O)COC(=O)/C=C/c3ccc4c(c3)OCO4)n2)cc1. The average Bonchev–Trinajstić information content (AvgIpc) is 3.40. The molecule has 0 fully saturated rings. The molecule has 0 spiro atoms. The lowest BCUT2D eigenvalue weighted by molar-refractivity contribution is -0.142. The van der Waals surface area contributed by atoms with Crippen LogP contribution in [-0.4, -0.2) is 30.3 Å². The molecule has 0 radical (unpaired) electrons. The third kappa shape index (κ3) is 4.84. The summed E-state index contributed by atoms with van der Waals surface area (Å²) in [4.78, 5) is 28.3. The Morgan fingerprint density at radius 2 is 1.97 bits per heavy atom. The van der Waals surface area contributed by atoms with Crippen molar-refractivity contribution in [2.24, 2.45) is 0 Å². The highest BCUT2D eigenvalue weighted by molar-refractivity contribution is 7.14. The minimum absolute atomic E-state index is 0.186. The van der Waals surface area contributed by atoms with E-state index in [0.717, 1.165) is 22.4 Å². The average molecular weight is 422 g/mol. The van der Waals surface area contributed by atoms with Crippen LogP contribution in [0, 0.1) is 6.92 Å². The first-order chi connectivity index (χ1) is 14.6. The van der Waals surface area contributed by atoms with Gasteiger partial charge in [0.15, 0.2) is 23.2 Å². The van der Waals surface area contributed by atoms with Crippen molar-refractivity contribution in [2.75, 3.05) is 18.7 Å². The number of nitrogens with zero attached hydrogens (tertiary/aromatic N) is 1. The maximum Gasteiger partial charge on any atom is 0.331 e. The summed E-state index contributed by atoms with van der Waals surface area (Å²) in [5, 5.41) is 4.95. The number of hydrogen-bond donors (Lipinski definition) is 1. The number of esters is 1. The molecule has 1 aromatic heterocycles. The third-order valence-electron chi connectivity index (χ3n) is 4.25. The predicted octanol–water partition coefficient (Wildman–Crippen LogP) is 4.04. The quantitative estimate of drug-likeness (QED) is 0.477. The van der Waals surface area contributed by atoms with Crippen LogP contribution in [0.3, 0.4) is 0 Å². The molecule has 30 heavy (non-hydrogen) atoms. The van der Waals surface area contributed by atoms with Crippen LogP contribution < -0.4 is 14.8 Å². The lowest BCUT2D eigenvalue weighted by atomic mass is 10.1. The van der Waals surface area contributed by atoms with Crippen LogP contribution >= 0.6 is 11.3 Å². The van der Waals surface area contributed by atoms with Gasteiger partial charge < -0.3 is 14.2 Å². The van der Waals surface area contributed by atoms with Gasteiger partial charge in [-0.2, -0.15) is 0 Å². The topological polar surface area (TPSA) is 86.8 Å². The summed E-state index contributed by atoms with van der Waals surface area (Å²) in [5.74, 6) is 0.212. The second-order valence-corrected chi connectivity index (χ2v) is 7.36. The molecule has 8 heteroatoms. The van der Waals surface area contributed by atoms with Crippen molar-refractivity contribution in [3.63, 3.8) is 0 Å². The first-order valence-corrected chi connectivity index (χ1v) is 10.0. The van der Waals surface area contributed by atoms with Crippen LogP contribution in [0.5, 0.6) is 11.5 Å². The van der Waals surface area contributed by atoms with Gasteiger partial charge in [-0.1, -0.05) is 35.9 Å². The molecule has 0 aliphatic carbocycles. The highest BCUT2D eigenvalue weighted by atomic mass is 32.1. The van der Waals surface area contributed by atoms with Gasteiger partial charge in [0.1, 0.15) is 0 Å². The van der Waals surface area contributed by atoms with E-state index in [0.29, 0.717) is 16.6 Å². The molecule has 2 aromatic carbocycles. The van der Waals surface area contributed by atoms with Crippen molar-refractivity contribution in [3.8, 4) is 22.8 Å². The first-order valence-electron chi connectivity index (χ1n) is 9.14. The molecule has 0 saturated heterocycles.